The lowest BCUT2D eigenvalue weighted by atomic mass is 10.3. The molecule has 1 aromatic carbocycles. The van der Waals surface area contributed by atoms with E-state index in [9.17, 15) is 0 Å². The molecule has 5 nitrogen and oxygen atoms in total. The SMILES string of the molecule is N/C(CCCSc1ccc2c(c1)OCCO2)=N/O. The van der Waals surface area contributed by atoms with Gasteiger partial charge in [-0.25, -0.2) is 0 Å². The quantitative estimate of drug-likeness (QED) is 0.213. The Morgan fingerprint density at radius 1 is 1.33 bits per heavy atom. The number of oxime groups is 1. The van der Waals surface area contributed by atoms with Gasteiger partial charge in [-0.1, -0.05) is 5.16 Å². The molecule has 0 unspecified atom stereocenters. The third-order valence-corrected chi connectivity index (χ3v) is 3.57. The maximum absolute atomic E-state index is 8.41. The summed E-state index contributed by atoms with van der Waals surface area (Å²) in [4.78, 5) is 1.14. The second kappa shape index (κ2) is 6.39. The number of nitrogens with two attached hydrogens (primary N) is 1. The Morgan fingerprint density at radius 2 is 2.11 bits per heavy atom. The third-order valence-electron chi connectivity index (χ3n) is 2.49. The zero-order valence-corrected chi connectivity index (χ0v) is 10.8. The number of hydrogen-bond donors (Lipinski definition) is 2. The van der Waals surface area contributed by atoms with E-state index in [1.807, 2.05) is 18.2 Å². The molecule has 0 radical (unpaired) electrons. The molecule has 0 aromatic heterocycles. The van der Waals surface area contributed by atoms with Crippen molar-refractivity contribution in [1.82, 2.24) is 0 Å². The van der Waals surface area contributed by atoms with Crippen molar-refractivity contribution >= 4 is 17.6 Å². The Morgan fingerprint density at radius 3 is 2.89 bits per heavy atom. The van der Waals surface area contributed by atoms with Crippen molar-refractivity contribution in [2.45, 2.75) is 17.7 Å². The highest BCUT2D eigenvalue weighted by atomic mass is 32.2. The first kappa shape index (κ1) is 12.9. The molecular formula is C12H16N2O3S. The highest BCUT2D eigenvalue weighted by molar-refractivity contribution is 7.99. The van der Waals surface area contributed by atoms with Gasteiger partial charge in [0.05, 0.1) is 0 Å². The molecule has 0 bridgehead atoms. The van der Waals surface area contributed by atoms with Crippen molar-refractivity contribution in [2.24, 2.45) is 10.9 Å². The van der Waals surface area contributed by atoms with Gasteiger partial charge in [-0.2, -0.15) is 0 Å². The average Bonchev–Trinajstić information content (AvgIpc) is 2.43. The van der Waals surface area contributed by atoms with Crippen molar-refractivity contribution < 1.29 is 14.7 Å². The molecule has 1 heterocycles. The van der Waals surface area contributed by atoms with E-state index in [0.717, 1.165) is 28.6 Å². The average molecular weight is 268 g/mol. The smallest absolute Gasteiger partial charge is 0.162 e. The largest absolute Gasteiger partial charge is 0.486 e. The Balaban J connectivity index is 1.83. The molecule has 3 N–H and O–H groups in total. The molecule has 0 saturated heterocycles. The summed E-state index contributed by atoms with van der Waals surface area (Å²) in [6, 6.07) is 5.94. The van der Waals surface area contributed by atoms with E-state index in [1.54, 1.807) is 11.8 Å². The number of amidine groups is 1. The van der Waals surface area contributed by atoms with E-state index in [4.69, 9.17) is 20.4 Å². The fraction of sp³-hybridized carbons (Fsp3) is 0.417. The Bertz CT molecular complexity index is 437. The topological polar surface area (TPSA) is 77.1 Å². The van der Waals surface area contributed by atoms with Crippen LogP contribution in [-0.4, -0.2) is 30.0 Å². The number of nitrogens with zero attached hydrogens (tertiary/aromatic N) is 1. The first-order valence-electron chi connectivity index (χ1n) is 5.78. The van der Waals surface area contributed by atoms with Crippen LogP contribution in [0.15, 0.2) is 28.3 Å². The van der Waals surface area contributed by atoms with Crippen LogP contribution >= 0.6 is 11.8 Å². The molecule has 0 aliphatic carbocycles. The van der Waals surface area contributed by atoms with Gasteiger partial charge in [-0.3, -0.25) is 0 Å². The maximum atomic E-state index is 8.41. The number of benzene rings is 1. The van der Waals surface area contributed by atoms with Crippen LogP contribution in [0.1, 0.15) is 12.8 Å². The Hall–Kier alpha value is -1.56. The minimum absolute atomic E-state index is 0.276. The normalized spacial score (nSPS) is 14.6. The minimum atomic E-state index is 0.276. The summed E-state index contributed by atoms with van der Waals surface area (Å²) in [6.07, 6.45) is 1.48. The predicted octanol–water partition coefficient (Wildman–Crippen LogP) is 2.08. The second-order valence-electron chi connectivity index (χ2n) is 3.85. The van der Waals surface area contributed by atoms with E-state index in [2.05, 4.69) is 5.16 Å². The van der Waals surface area contributed by atoms with Crippen LogP contribution in [0.2, 0.25) is 0 Å². The highest BCUT2D eigenvalue weighted by Crippen LogP contribution is 2.34. The number of hydrogen-bond acceptors (Lipinski definition) is 5. The molecule has 18 heavy (non-hydrogen) atoms. The van der Waals surface area contributed by atoms with Gasteiger partial charge in [0.15, 0.2) is 11.5 Å². The van der Waals surface area contributed by atoms with Gasteiger partial charge in [0.25, 0.3) is 0 Å². The van der Waals surface area contributed by atoms with Gasteiger partial charge >= 0.3 is 0 Å². The van der Waals surface area contributed by atoms with Crippen LogP contribution in [0.3, 0.4) is 0 Å². The van der Waals surface area contributed by atoms with Crippen LogP contribution in [0, 0.1) is 0 Å². The van der Waals surface area contributed by atoms with E-state index in [1.165, 1.54) is 0 Å². The molecule has 1 aliphatic heterocycles. The molecule has 0 atom stereocenters. The van der Waals surface area contributed by atoms with E-state index in [-0.39, 0.29) is 5.84 Å². The number of thioether (sulfide) groups is 1. The van der Waals surface area contributed by atoms with Gasteiger partial charge in [-0.15, -0.1) is 11.8 Å². The zero-order chi connectivity index (χ0) is 12.8. The van der Waals surface area contributed by atoms with Crippen molar-refractivity contribution in [3.8, 4) is 11.5 Å². The fourth-order valence-corrected chi connectivity index (χ4v) is 2.49. The lowest BCUT2D eigenvalue weighted by Gasteiger charge is -2.18. The number of rotatable bonds is 5. The molecule has 0 amide bonds. The predicted molar refractivity (Wildman–Crippen MR) is 70.8 cm³/mol. The van der Waals surface area contributed by atoms with Gasteiger partial charge in [0, 0.05) is 11.3 Å². The molecule has 0 fully saturated rings. The van der Waals surface area contributed by atoms with Crippen molar-refractivity contribution in [2.75, 3.05) is 19.0 Å². The number of fused-ring (bicyclic) bond motifs is 1. The first-order chi connectivity index (χ1) is 8.79. The van der Waals surface area contributed by atoms with Crippen LogP contribution in [0.5, 0.6) is 11.5 Å². The van der Waals surface area contributed by atoms with E-state index < -0.39 is 0 Å². The fourth-order valence-electron chi connectivity index (χ4n) is 1.61. The van der Waals surface area contributed by atoms with E-state index >= 15 is 0 Å². The van der Waals surface area contributed by atoms with Crippen molar-refractivity contribution in [3.63, 3.8) is 0 Å². The van der Waals surface area contributed by atoms with Crippen LogP contribution in [-0.2, 0) is 0 Å². The Kier molecular flexibility index (Phi) is 4.58. The van der Waals surface area contributed by atoms with Crippen molar-refractivity contribution in [3.05, 3.63) is 18.2 Å². The second-order valence-corrected chi connectivity index (χ2v) is 5.02. The molecule has 1 aromatic rings. The molecule has 98 valence electrons. The lowest BCUT2D eigenvalue weighted by molar-refractivity contribution is 0.171. The maximum Gasteiger partial charge on any atom is 0.162 e. The third kappa shape index (κ3) is 3.46. The van der Waals surface area contributed by atoms with Gasteiger partial charge in [0.2, 0.25) is 0 Å². The van der Waals surface area contributed by atoms with Gasteiger partial charge < -0.3 is 20.4 Å². The van der Waals surface area contributed by atoms with Crippen molar-refractivity contribution in [1.29, 1.82) is 0 Å². The molecule has 2 rings (SSSR count). The van der Waals surface area contributed by atoms with Crippen LogP contribution < -0.4 is 15.2 Å². The minimum Gasteiger partial charge on any atom is -0.486 e. The standard InChI is InChI=1S/C12H16N2O3S/c13-12(14-15)2-1-7-18-9-3-4-10-11(8-9)17-6-5-16-10/h3-4,8,15H,1-2,5-7H2,(H2,13,14). The molecule has 0 saturated carbocycles. The van der Waals surface area contributed by atoms with Gasteiger partial charge in [0.1, 0.15) is 19.0 Å². The van der Waals surface area contributed by atoms with Crippen LogP contribution in [0.4, 0.5) is 0 Å². The molecule has 6 heteroatoms. The summed E-state index contributed by atoms with van der Waals surface area (Å²) in [5.41, 5.74) is 5.40. The summed E-state index contributed by atoms with van der Waals surface area (Å²) >= 11 is 1.72. The summed E-state index contributed by atoms with van der Waals surface area (Å²) < 4.78 is 11.0. The zero-order valence-electron chi connectivity index (χ0n) is 9.96. The molecule has 1 aliphatic rings. The summed E-state index contributed by atoms with van der Waals surface area (Å²) in [5.74, 6) is 2.80. The first-order valence-corrected chi connectivity index (χ1v) is 6.77. The summed E-state index contributed by atoms with van der Waals surface area (Å²) in [6.45, 7) is 1.21. The number of ether oxygens (including phenoxy) is 2. The molecule has 0 spiro atoms. The molecular weight excluding hydrogens is 252 g/mol. The van der Waals surface area contributed by atoms with Crippen LogP contribution in [0.25, 0.3) is 0 Å². The highest BCUT2D eigenvalue weighted by Gasteiger charge is 2.11. The van der Waals surface area contributed by atoms with E-state index in [0.29, 0.717) is 19.6 Å². The summed E-state index contributed by atoms with van der Waals surface area (Å²) in [5, 5.41) is 11.3. The van der Waals surface area contributed by atoms with Gasteiger partial charge in [-0.05, 0) is 30.4 Å². The Labute approximate surface area is 110 Å². The monoisotopic (exact) mass is 268 g/mol. The summed E-state index contributed by atoms with van der Waals surface area (Å²) in [7, 11) is 0. The lowest BCUT2D eigenvalue weighted by Crippen LogP contribution is -2.15.